The molecule has 0 aromatic rings. The Hall–Kier alpha value is -1.00. The minimum Gasteiger partial charge on any atom is -0.394 e. The normalized spacial score (nSPS) is 53.9. The predicted molar refractivity (Wildman–Crippen MR) is 165 cm³/mol. The smallest absolute Gasteiger partial charge is 0.187 e. The Balaban J connectivity index is 1.52. The first-order valence-corrected chi connectivity index (χ1v) is 17.5. The van der Waals surface area contributed by atoms with Crippen LogP contribution in [0.5, 0.6) is 0 Å². The molecule has 5 rings (SSSR count). The molecule has 5 saturated heterocycles. The quantitative estimate of drug-likeness (QED) is 0.0870. The Kier molecular flexibility index (Phi) is 15.5. The van der Waals surface area contributed by atoms with E-state index in [1.165, 1.54) is 6.92 Å². The molecule has 322 valence electrons. The number of aliphatic hydroxyl groups is 16. The molecule has 5 fully saturated rings. The molecule has 55 heavy (non-hydrogen) atoms. The van der Waals surface area contributed by atoms with Gasteiger partial charge in [-0.25, -0.2) is 0 Å². The first-order chi connectivity index (χ1) is 26.0. The second-order valence-electron chi connectivity index (χ2n) is 13.9. The van der Waals surface area contributed by atoms with Crippen molar-refractivity contribution in [1.82, 2.24) is 0 Å². The van der Waals surface area contributed by atoms with Gasteiger partial charge in [-0.15, -0.1) is 0 Å². The summed E-state index contributed by atoms with van der Waals surface area (Å²) in [5.74, 6) is 0. The maximum Gasteiger partial charge on any atom is 0.187 e. The lowest BCUT2D eigenvalue weighted by atomic mass is 9.95. The summed E-state index contributed by atoms with van der Waals surface area (Å²) in [6.07, 6.45) is -46.6. The zero-order chi connectivity index (χ0) is 40.6. The van der Waals surface area contributed by atoms with Gasteiger partial charge < -0.3 is 124 Å². The van der Waals surface area contributed by atoms with Crippen molar-refractivity contribution in [2.24, 2.45) is 0 Å². The topological polar surface area (TPSA) is 407 Å². The summed E-state index contributed by atoms with van der Waals surface area (Å²) in [5.41, 5.74) is 0. The highest BCUT2D eigenvalue weighted by molar-refractivity contribution is 4.99. The Morgan fingerprint density at radius 1 is 0.327 bits per heavy atom. The van der Waals surface area contributed by atoms with Gasteiger partial charge in [0.15, 0.2) is 31.5 Å². The van der Waals surface area contributed by atoms with E-state index >= 15 is 0 Å². The van der Waals surface area contributed by atoms with Crippen molar-refractivity contribution in [1.29, 1.82) is 0 Å². The van der Waals surface area contributed by atoms with Crippen LogP contribution in [0.25, 0.3) is 0 Å². The maximum atomic E-state index is 11.5. The molecule has 25 heteroatoms. The Morgan fingerprint density at radius 3 is 1.15 bits per heavy atom. The highest BCUT2D eigenvalue weighted by Gasteiger charge is 2.57. The molecule has 25 nitrogen and oxygen atoms in total. The van der Waals surface area contributed by atoms with Crippen LogP contribution in [-0.2, 0) is 42.6 Å². The molecular weight excluding hydrogens is 760 g/mol. The summed E-state index contributed by atoms with van der Waals surface area (Å²) in [4.78, 5) is 0. The molecule has 0 aliphatic carbocycles. The summed E-state index contributed by atoms with van der Waals surface area (Å²) in [6, 6.07) is 0. The highest BCUT2D eigenvalue weighted by atomic mass is 16.8. The zero-order valence-electron chi connectivity index (χ0n) is 29.1. The molecule has 25 unspecified atom stereocenters. The Bertz CT molecular complexity index is 1190. The molecule has 5 heterocycles. The lowest BCUT2D eigenvalue weighted by Gasteiger charge is -2.51. The lowest BCUT2D eigenvalue weighted by molar-refractivity contribution is -0.412. The number of ether oxygens (including phenoxy) is 9. The van der Waals surface area contributed by atoms with Crippen molar-refractivity contribution in [2.75, 3.05) is 26.4 Å². The van der Waals surface area contributed by atoms with E-state index in [-0.39, 0.29) is 0 Å². The average Bonchev–Trinajstić information content (AvgIpc) is 3.17. The largest absolute Gasteiger partial charge is 0.394 e. The average molecular weight is 813 g/mol. The van der Waals surface area contributed by atoms with Gasteiger partial charge in [-0.05, 0) is 6.92 Å². The van der Waals surface area contributed by atoms with Gasteiger partial charge in [0.05, 0.1) is 32.5 Å². The number of hydrogen-bond donors (Lipinski definition) is 16. The van der Waals surface area contributed by atoms with Gasteiger partial charge in [-0.1, -0.05) is 0 Å². The van der Waals surface area contributed by atoms with Crippen LogP contribution in [0, 0.1) is 0 Å². The minimum atomic E-state index is -2.09. The Labute approximate surface area is 311 Å². The van der Waals surface area contributed by atoms with Crippen molar-refractivity contribution < 1.29 is 124 Å². The van der Waals surface area contributed by atoms with Crippen LogP contribution in [-0.4, -0.2) is 262 Å². The summed E-state index contributed by atoms with van der Waals surface area (Å²) in [5, 5.41) is 167. The van der Waals surface area contributed by atoms with E-state index in [0.717, 1.165) is 0 Å². The number of hydrogen-bond acceptors (Lipinski definition) is 25. The third-order valence-corrected chi connectivity index (χ3v) is 10.3. The number of aliphatic hydroxyl groups excluding tert-OH is 16. The molecule has 0 aromatic carbocycles. The fourth-order valence-electron chi connectivity index (χ4n) is 6.95. The summed E-state index contributed by atoms with van der Waals surface area (Å²) in [6.45, 7) is -2.40. The van der Waals surface area contributed by atoms with E-state index < -0.39 is 180 Å². The molecule has 5 aliphatic heterocycles. The fraction of sp³-hybridized carbons (Fsp3) is 1.00. The van der Waals surface area contributed by atoms with Crippen LogP contribution < -0.4 is 0 Å². The van der Waals surface area contributed by atoms with Crippen LogP contribution in [0.15, 0.2) is 0 Å². The minimum absolute atomic E-state index is 0.881. The monoisotopic (exact) mass is 812 g/mol. The van der Waals surface area contributed by atoms with E-state index in [1.54, 1.807) is 0 Å². The fourth-order valence-corrected chi connectivity index (χ4v) is 6.95. The first-order valence-electron chi connectivity index (χ1n) is 17.5. The van der Waals surface area contributed by atoms with E-state index in [2.05, 4.69) is 0 Å². The first kappa shape index (κ1) is 45.1. The van der Waals surface area contributed by atoms with Crippen LogP contribution in [0.2, 0.25) is 0 Å². The van der Waals surface area contributed by atoms with Crippen molar-refractivity contribution in [3.63, 3.8) is 0 Å². The van der Waals surface area contributed by atoms with E-state index in [9.17, 15) is 81.7 Å². The van der Waals surface area contributed by atoms with Gasteiger partial charge in [0.1, 0.15) is 116 Å². The lowest BCUT2D eigenvalue weighted by Crippen LogP contribution is -2.69. The number of rotatable bonds is 12. The highest BCUT2D eigenvalue weighted by Crippen LogP contribution is 2.37. The SMILES string of the molecule is CC1OC(O)C(O)C(O)C1OC1OC(CO)C(O)C(OC2OC(CO)C(O)C(O)C2OC2OC(CO)C(O)C(O)C2O)C1OC1OC(CO)C(O)C(O)C1O. The third-order valence-electron chi connectivity index (χ3n) is 10.3. The maximum absolute atomic E-state index is 11.5. The molecule has 0 saturated carbocycles. The van der Waals surface area contributed by atoms with Gasteiger partial charge in [-0.2, -0.15) is 0 Å². The second-order valence-corrected chi connectivity index (χ2v) is 13.9. The molecule has 0 aromatic heterocycles. The van der Waals surface area contributed by atoms with Gasteiger partial charge in [-0.3, -0.25) is 0 Å². The molecule has 0 bridgehead atoms. The molecule has 5 aliphatic rings. The van der Waals surface area contributed by atoms with Gasteiger partial charge in [0, 0.05) is 0 Å². The van der Waals surface area contributed by atoms with Crippen LogP contribution in [0.1, 0.15) is 6.92 Å². The predicted octanol–water partition coefficient (Wildman–Crippen LogP) is -10.9. The summed E-state index contributed by atoms with van der Waals surface area (Å²) in [7, 11) is 0. The summed E-state index contributed by atoms with van der Waals surface area (Å²) < 4.78 is 51.1. The molecule has 16 N–H and O–H groups in total. The van der Waals surface area contributed by atoms with E-state index in [4.69, 9.17) is 42.6 Å². The van der Waals surface area contributed by atoms with Gasteiger partial charge in [0.2, 0.25) is 0 Å². The van der Waals surface area contributed by atoms with E-state index in [0.29, 0.717) is 0 Å². The standard InChI is InChI=1S/C30H52O25/c1-6-22(18(42)19(43)26(46)47-6)52-30-25(55-28-21(45)16(40)12(36)8(3-32)49-28)23(14(38)10(5-34)51-30)53-29-24(17(41)13(37)9(4-33)50-29)54-27-20(44)15(39)11(35)7(2-31)48-27/h6-46H,2-5H2,1H3. The van der Waals surface area contributed by atoms with Crippen LogP contribution >= 0.6 is 0 Å². The molecule has 0 radical (unpaired) electrons. The van der Waals surface area contributed by atoms with E-state index in [1.807, 2.05) is 0 Å². The molecule has 0 spiro atoms. The second kappa shape index (κ2) is 18.9. The zero-order valence-corrected chi connectivity index (χ0v) is 29.1. The molecule has 25 atom stereocenters. The van der Waals surface area contributed by atoms with Gasteiger partial charge >= 0.3 is 0 Å². The van der Waals surface area contributed by atoms with Gasteiger partial charge in [0.25, 0.3) is 0 Å². The van der Waals surface area contributed by atoms with Crippen molar-refractivity contribution >= 4 is 0 Å². The van der Waals surface area contributed by atoms with Crippen LogP contribution in [0.3, 0.4) is 0 Å². The van der Waals surface area contributed by atoms with Crippen LogP contribution in [0.4, 0.5) is 0 Å². The van der Waals surface area contributed by atoms with Crippen molar-refractivity contribution in [2.45, 2.75) is 160 Å². The molecular formula is C30H52O25. The third kappa shape index (κ3) is 9.11. The Morgan fingerprint density at radius 2 is 0.673 bits per heavy atom. The van der Waals surface area contributed by atoms with Crippen molar-refractivity contribution in [3.05, 3.63) is 0 Å². The molecule has 0 amide bonds. The summed E-state index contributed by atoms with van der Waals surface area (Å²) >= 11 is 0. The van der Waals surface area contributed by atoms with Crippen molar-refractivity contribution in [3.8, 4) is 0 Å².